The highest BCUT2D eigenvalue weighted by Crippen LogP contribution is 2.19. The third kappa shape index (κ3) is 4.42. The van der Waals surface area contributed by atoms with Crippen molar-refractivity contribution in [3.05, 3.63) is 65.7 Å². The van der Waals surface area contributed by atoms with Crippen LogP contribution in [0, 0.1) is 6.92 Å². The lowest BCUT2D eigenvalue weighted by atomic mass is 10.2. The number of carbonyl (C=O) groups is 1. The van der Waals surface area contributed by atoms with E-state index in [2.05, 4.69) is 36.5 Å². The highest BCUT2D eigenvalue weighted by atomic mass is 32.2. The maximum absolute atomic E-state index is 12.1. The fourth-order valence-corrected chi connectivity index (χ4v) is 2.70. The third-order valence-corrected chi connectivity index (χ3v) is 4.21. The SMILES string of the molecule is Cc1cccc(CSC(C)C(=O)Nc2ccccc2)c1. The smallest absolute Gasteiger partial charge is 0.237 e. The zero-order valence-corrected chi connectivity index (χ0v) is 12.6. The molecular weight excluding hydrogens is 266 g/mol. The first-order valence-electron chi connectivity index (χ1n) is 6.68. The largest absolute Gasteiger partial charge is 0.325 e. The molecule has 0 saturated heterocycles. The number of anilines is 1. The van der Waals surface area contributed by atoms with Gasteiger partial charge in [-0.05, 0) is 31.5 Å². The highest BCUT2D eigenvalue weighted by molar-refractivity contribution is 7.99. The number of rotatable bonds is 5. The van der Waals surface area contributed by atoms with Crippen molar-refractivity contribution in [2.45, 2.75) is 24.9 Å². The second-order valence-corrected chi connectivity index (χ2v) is 6.13. The van der Waals surface area contributed by atoms with Gasteiger partial charge in [0.1, 0.15) is 0 Å². The maximum atomic E-state index is 12.1. The van der Waals surface area contributed by atoms with Gasteiger partial charge in [0.2, 0.25) is 5.91 Å². The number of nitrogens with one attached hydrogen (secondary N) is 1. The van der Waals surface area contributed by atoms with Crippen LogP contribution in [0.1, 0.15) is 18.1 Å². The fourth-order valence-electron chi connectivity index (χ4n) is 1.86. The van der Waals surface area contributed by atoms with Gasteiger partial charge in [0.15, 0.2) is 0 Å². The van der Waals surface area contributed by atoms with E-state index in [0.29, 0.717) is 0 Å². The summed E-state index contributed by atoms with van der Waals surface area (Å²) >= 11 is 1.65. The van der Waals surface area contributed by atoms with Crippen molar-refractivity contribution in [2.24, 2.45) is 0 Å². The van der Waals surface area contributed by atoms with Gasteiger partial charge in [-0.3, -0.25) is 4.79 Å². The van der Waals surface area contributed by atoms with Crippen molar-refractivity contribution in [3.8, 4) is 0 Å². The Hall–Kier alpha value is -1.74. The normalized spacial score (nSPS) is 11.9. The molecule has 2 nitrogen and oxygen atoms in total. The Morgan fingerprint density at radius 2 is 1.90 bits per heavy atom. The van der Waals surface area contributed by atoms with E-state index in [1.165, 1.54) is 11.1 Å². The van der Waals surface area contributed by atoms with E-state index >= 15 is 0 Å². The summed E-state index contributed by atoms with van der Waals surface area (Å²) in [7, 11) is 0. The Labute approximate surface area is 124 Å². The van der Waals surface area contributed by atoms with Crippen LogP contribution in [-0.4, -0.2) is 11.2 Å². The molecule has 0 bridgehead atoms. The van der Waals surface area contributed by atoms with Gasteiger partial charge in [0.05, 0.1) is 5.25 Å². The molecule has 0 aromatic heterocycles. The predicted molar refractivity (Wildman–Crippen MR) is 87.0 cm³/mol. The number of hydrogen-bond donors (Lipinski definition) is 1. The van der Waals surface area contributed by atoms with E-state index in [-0.39, 0.29) is 11.2 Å². The maximum Gasteiger partial charge on any atom is 0.237 e. The topological polar surface area (TPSA) is 29.1 Å². The molecule has 1 atom stereocenters. The van der Waals surface area contributed by atoms with Crippen LogP contribution in [0.5, 0.6) is 0 Å². The molecule has 0 aliphatic heterocycles. The van der Waals surface area contributed by atoms with Gasteiger partial charge in [0.25, 0.3) is 0 Å². The minimum atomic E-state index is -0.0734. The zero-order chi connectivity index (χ0) is 14.4. The molecule has 20 heavy (non-hydrogen) atoms. The second-order valence-electron chi connectivity index (χ2n) is 4.80. The molecule has 1 N–H and O–H groups in total. The Morgan fingerprint density at radius 3 is 2.60 bits per heavy atom. The van der Waals surface area contributed by atoms with Crippen molar-refractivity contribution < 1.29 is 4.79 Å². The Balaban J connectivity index is 1.85. The quantitative estimate of drug-likeness (QED) is 0.889. The standard InChI is InChI=1S/C17H19NOS/c1-13-7-6-8-15(11-13)12-20-14(2)17(19)18-16-9-4-3-5-10-16/h3-11,14H,12H2,1-2H3,(H,18,19). The van der Waals surface area contributed by atoms with Gasteiger partial charge in [-0.2, -0.15) is 0 Å². The van der Waals surface area contributed by atoms with Crippen LogP contribution in [0.3, 0.4) is 0 Å². The summed E-state index contributed by atoms with van der Waals surface area (Å²) in [5.41, 5.74) is 3.36. The highest BCUT2D eigenvalue weighted by Gasteiger charge is 2.13. The molecule has 0 heterocycles. The molecule has 0 fully saturated rings. The lowest BCUT2D eigenvalue weighted by Gasteiger charge is -2.12. The fraction of sp³-hybridized carbons (Fsp3) is 0.235. The van der Waals surface area contributed by atoms with E-state index in [1.807, 2.05) is 37.3 Å². The van der Waals surface area contributed by atoms with E-state index in [4.69, 9.17) is 0 Å². The second kappa shape index (κ2) is 7.15. The average Bonchev–Trinajstić information content (AvgIpc) is 2.46. The van der Waals surface area contributed by atoms with Gasteiger partial charge in [-0.25, -0.2) is 0 Å². The molecule has 3 heteroatoms. The average molecular weight is 285 g/mol. The molecule has 2 aromatic rings. The zero-order valence-electron chi connectivity index (χ0n) is 11.8. The van der Waals surface area contributed by atoms with E-state index in [9.17, 15) is 4.79 Å². The number of thioether (sulfide) groups is 1. The van der Waals surface area contributed by atoms with Crippen molar-refractivity contribution in [1.82, 2.24) is 0 Å². The molecule has 1 unspecified atom stereocenters. The number of benzene rings is 2. The molecule has 2 aromatic carbocycles. The van der Waals surface area contributed by atoms with Crippen molar-refractivity contribution >= 4 is 23.4 Å². The molecular formula is C17H19NOS. The molecule has 0 aliphatic carbocycles. The molecule has 0 saturated carbocycles. The third-order valence-electron chi connectivity index (χ3n) is 2.99. The Kier molecular flexibility index (Phi) is 5.24. The summed E-state index contributed by atoms with van der Waals surface area (Å²) in [6.45, 7) is 4.03. The van der Waals surface area contributed by atoms with Gasteiger partial charge in [0, 0.05) is 11.4 Å². The lowest BCUT2D eigenvalue weighted by molar-refractivity contribution is -0.115. The molecule has 0 aliphatic rings. The van der Waals surface area contributed by atoms with E-state index in [1.54, 1.807) is 11.8 Å². The minimum Gasteiger partial charge on any atom is -0.325 e. The first kappa shape index (κ1) is 14.7. The molecule has 0 spiro atoms. The lowest BCUT2D eigenvalue weighted by Crippen LogP contribution is -2.22. The van der Waals surface area contributed by atoms with Gasteiger partial charge in [-0.15, -0.1) is 11.8 Å². The van der Waals surface area contributed by atoms with Crippen molar-refractivity contribution in [2.75, 3.05) is 5.32 Å². The summed E-state index contributed by atoms with van der Waals surface area (Å²) in [4.78, 5) is 12.1. The monoisotopic (exact) mass is 285 g/mol. The summed E-state index contributed by atoms with van der Waals surface area (Å²) in [6.07, 6.45) is 0. The van der Waals surface area contributed by atoms with Gasteiger partial charge < -0.3 is 5.32 Å². The minimum absolute atomic E-state index is 0.0499. The van der Waals surface area contributed by atoms with Crippen LogP contribution in [0.2, 0.25) is 0 Å². The number of para-hydroxylation sites is 1. The Morgan fingerprint density at radius 1 is 1.15 bits per heavy atom. The summed E-state index contributed by atoms with van der Waals surface area (Å²) in [5.74, 6) is 0.902. The number of aryl methyl sites for hydroxylation is 1. The van der Waals surface area contributed by atoms with Crippen LogP contribution in [0.25, 0.3) is 0 Å². The first-order chi connectivity index (χ1) is 9.65. The van der Waals surface area contributed by atoms with Gasteiger partial charge >= 0.3 is 0 Å². The Bertz CT molecular complexity index is 568. The first-order valence-corrected chi connectivity index (χ1v) is 7.73. The molecule has 0 radical (unpaired) electrons. The predicted octanol–water partition coefficient (Wildman–Crippen LogP) is 4.26. The van der Waals surface area contributed by atoms with Crippen LogP contribution in [0.15, 0.2) is 54.6 Å². The van der Waals surface area contributed by atoms with Crippen LogP contribution in [0.4, 0.5) is 5.69 Å². The van der Waals surface area contributed by atoms with Crippen LogP contribution in [-0.2, 0) is 10.5 Å². The molecule has 2 rings (SSSR count). The van der Waals surface area contributed by atoms with Crippen LogP contribution >= 0.6 is 11.8 Å². The number of hydrogen-bond acceptors (Lipinski definition) is 2. The van der Waals surface area contributed by atoms with Crippen molar-refractivity contribution in [3.63, 3.8) is 0 Å². The summed E-state index contributed by atoms with van der Waals surface area (Å²) in [6, 6.07) is 18.0. The van der Waals surface area contributed by atoms with E-state index < -0.39 is 0 Å². The van der Waals surface area contributed by atoms with Gasteiger partial charge in [-0.1, -0.05) is 48.0 Å². The molecule has 1 amide bonds. The van der Waals surface area contributed by atoms with Crippen LogP contribution < -0.4 is 5.32 Å². The van der Waals surface area contributed by atoms with Crippen molar-refractivity contribution in [1.29, 1.82) is 0 Å². The number of carbonyl (C=O) groups excluding carboxylic acids is 1. The molecule has 104 valence electrons. The summed E-state index contributed by atoms with van der Waals surface area (Å²) in [5, 5.41) is 2.86. The van der Waals surface area contributed by atoms with E-state index in [0.717, 1.165) is 11.4 Å². The summed E-state index contributed by atoms with van der Waals surface area (Å²) < 4.78 is 0. The number of amides is 1.